The number of nitrogens with one attached hydrogen (secondary N) is 2. The van der Waals surface area contributed by atoms with Gasteiger partial charge < -0.3 is 10.6 Å². The third-order valence-electron chi connectivity index (χ3n) is 4.94. The second kappa shape index (κ2) is 8.15. The molecule has 0 aliphatic rings. The number of rotatable bonds is 5. The number of nitrogens with zero attached hydrogens (tertiary/aromatic N) is 1. The number of para-hydroxylation sites is 2. The summed E-state index contributed by atoms with van der Waals surface area (Å²) in [4.78, 5) is 17.7. The monoisotopic (exact) mass is 381 g/mol. The van der Waals surface area contributed by atoms with Gasteiger partial charge in [-0.25, -0.2) is 4.98 Å². The molecule has 4 heteroatoms. The molecule has 0 fully saturated rings. The van der Waals surface area contributed by atoms with E-state index in [-0.39, 0.29) is 5.91 Å². The van der Waals surface area contributed by atoms with Gasteiger partial charge in [0.1, 0.15) is 5.82 Å². The Morgan fingerprint density at radius 1 is 0.897 bits per heavy atom. The van der Waals surface area contributed by atoms with Gasteiger partial charge in [0.05, 0.1) is 11.1 Å². The van der Waals surface area contributed by atoms with Crippen molar-refractivity contribution < 1.29 is 4.79 Å². The van der Waals surface area contributed by atoms with Crippen molar-refractivity contribution in [1.29, 1.82) is 0 Å². The van der Waals surface area contributed by atoms with E-state index in [1.165, 1.54) is 5.56 Å². The van der Waals surface area contributed by atoms with Gasteiger partial charge in [-0.3, -0.25) is 4.79 Å². The van der Waals surface area contributed by atoms with Crippen molar-refractivity contribution in [3.8, 4) is 0 Å². The van der Waals surface area contributed by atoms with Crippen LogP contribution in [0.2, 0.25) is 0 Å². The summed E-state index contributed by atoms with van der Waals surface area (Å²) in [5, 5.41) is 7.22. The lowest BCUT2D eigenvalue weighted by molar-refractivity contribution is 0.0952. The topological polar surface area (TPSA) is 54.0 Å². The number of amides is 1. The number of carbonyl (C=O) groups is 1. The maximum Gasteiger partial charge on any atom is 0.252 e. The number of aromatic nitrogens is 1. The highest BCUT2D eigenvalue weighted by Gasteiger charge is 2.13. The van der Waals surface area contributed by atoms with Gasteiger partial charge in [-0.05, 0) is 43.2 Å². The van der Waals surface area contributed by atoms with E-state index in [0.717, 1.165) is 27.7 Å². The smallest absolute Gasteiger partial charge is 0.252 e. The molecule has 0 radical (unpaired) electrons. The second-order valence-corrected chi connectivity index (χ2v) is 7.18. The Morgan fingerprint density at radius 3 is 2.41 bits per heavy atom. The first-order chi connectivity index (χ1) is 14.1. The molecule has 0 unspecified atom stereocenters. The molecule has 0 saturated carbocycles. The zero-order chi connectivity index (χ0) is 20.2. The van der Waals surface area contributed by atoms with Gasteiger partial charge in [-0.2, -0.15) is 0 Å². The summed E-state index contributed by atoms with van der Waals surface area (Å²) in [6.07, 6.45) is 0. The normalized spacial score (nSPS) is 10.7. The van der Waals surface area contributed by atoms with E-state index in [1.54, 1.807) is 0 Å². The Balaban J connectivity index is 1.64. The lowest BCUT2D eigenvalue weighted by Crippen LogP contribution is -2.23. The van der Waals surface area contributed by atoms with Gasteiger partial charge in [-0.1, -0.05) is 66.2 Å². The van der Waals surface area contributed by atoms with Crippen molar-refractivity contribution in [2.24, 2.45) is 0 Å². The van der Waals surface area contributed by atoms with Gasteiger partial charge in [-0.15, -0.1) is 0 Å². The Kier molecular flexibility index (Phi) is 5.25. The summed E-state index contributed by atoms with van der Waals surface area (Å²) in [6.45, 7) is 4.57. The van der Waals surface area contributed by atoms with E-state index in [2.05, 4.69) is 17.6 Å². The molecule has 4 aromatic rings. The Morgan fingerprint density at radius 2 is 1.62 bits per heavy atom. The molecule has 29 heavy (non-hydrogen) atoms. The molecule has 1 heterocycles. The fraction of sp³-hybridized carbons (Fsp3) is 0.120. The van der Waals surface area contributed by atoms with Gasteiger partial charge >= 0.3 is 0 Å². The minimum absolute atomic E-state index is 0.114. The SMILES string of the molecule is Cc1ccc(CNC(=O)c2cc(Nc3ccccc3C)nc3ccccc23)cc1. The van der Waals surface area contributed by atoms with Crippen molar-refractivity contribution in [3.63, 3.8) is 0 Å². The summed E-state index contributed by atoms with van der Waals surface area (Å²) < 4.78 is 0. The number of aryl methyl sites for hydroxylation is 2. The molecule has 0 aliphatic heterocycles. The number of anilines is 2. The molecule has 0 aliphatic carbocycles. The number of benzene rings is 3. The van der Waals surface area contributed by atoms with E-state index in [0.29, 0.717) is 17.9 Å². The zero-order valence-corrected chi connectivity index (χ0v) is 16.6. The Bertz CT molecular complexity index is 1170. The lowest BCUT2D eigenvalue weighted by atomic mass is 10.1. The highest BCUT2D eigenvalue weighted by molar-refractivity contribution is 6.07. The van der Waals surface area contributed by atoms with Crippen LogP contribution in [0.4, 0.5) is 11.5 Å². The van der Waals surface area contributed by atoms with Gasteiger partial charge in [0, 0.05) is 17.6 Å². The predicted molar refractivity (Wildman–Crippen MR) is 119 cm³/mol. The largest absolute Gasteiger partial charge is 0.348 e. The maximum absolute atomic E-state index is 13.0. The van der Waals surface area contributed by atoms with Crippen LogP contribution in [0.15, 0.2) is 78.9 Å². The molecular formula is C25H23N3O. The van der Waals surface area contributed by atoms with E-state index in [1.807, 2.05) is 85.8 Å². The van der Waals surface area contributed by atoms with E-state index >= 15 is 0 Å². The molecule has 0 saturated heterocycles. The van der Waals surface area contributed by atoms with Crippen molar-refractivity contribution in [2.45, 2.75) is 20.4 Å². The third kappa shape index (κ3) is 4.27. The number of pyridine rings is 1. The highest BCUT2D eigenvalue weighted by atomic mass is 16.1. The van der Waals surface area contributed by atoms with Gasteiger partial charge in [0.25, 0.3) is 5.91 Å². The van der Waals surface area contributed by atoms with Crippen LogP contribution >= 0.6 is 0 Å². The first-order valence-corrected chi connectivity index (χ1v) is 9.66. The van der Waals surface area contributed by atoms with Crippen LogP contribution in [0, 0.1) is 13.8 Å². The van der Waals surface area contributed by atoms with Gasteiger partial charge in [0.2, 0.25) is 0 Å². The standard InChI is InChI=1S/C25H23N3O/c1-17-11-13-19(14-12-17)16-26-25(29)21-15-24(27-22-9-5-3-7-18(22)2)28-23-10-6-4-8-20(21)23/h3-15H,16H2,1-2H3,(H,26,29)(H,27,28). The molecule has 4 rings (SSSR count). The molecule has 0 spiro atoms. The summed E-state index contributed by atoms with van der Waals surface area (Å²) >= 11 is 0. The van der Waals surface area contributed by atoms with Crippen molar-refractivity contribution in [3.05, 3.63) is 101 Å². The quantitative estimate of drug-likeness (QED) is 0.478. The maximum atomic E-state index is 13.0. The van der Waals surface area contributed by atoms with Gasteiger partial charge in [0.15, 0.2) is 0 Å². The molecule has 1 amide bonds. The molecule has 144 valence electrons. The van der Waals surface area contributed by atoms with Crippen LogP contribution in [-0.4, -0.2) is 10.9 Å². The second-order valence-electron chi connectivity index (χ2n) is 7.18. The van der Waals surface area contributed by atoms with E-state index in [4.69, 9.17) is 4.98 Å². The first kappa shape index (κ1) is 18.7. The number of hydrogen-bond acceptors (Lipinski definition) is 3. The molecule has 1 aromatic heterocycles. The minimum Gasteiger partial charge on any atom is -0.348 e. The Labute approximate surface area is 170 Å². The Hall–Kier alpha value is -3.66. The van der Waals surface area contributed by atoms with Crippen molar-refractivity contribution >= 4 is 28.3 Å². The summed E-state index contributed by atoms with van der Waals surface area (Å²) in [5.41, 5.74) is 5.76. The van der Waals surface area contributed by atoms with Crippen molar-refractivity contribution in [1.82, 2.24) is 10.3 Å². The fourth-order valence-corrected chi connectivity index (χ4v) is 3.26. The van der Waals surface area contributed by atoms with Crippen LogP contribution in [0.3, 0.4) is 0 Å². The summed E-state index contributed by atoms with van der Waals surface area (Å²) in [7, 11) is 0. The number of carbonyl (C=O) groups excluding carboxylic acids is 1. The minimum atomic E-state index is -0.114. The van der Waals surface area contributed by atoms with Crippen LogP contribution in [0.25, 0.3) is 10.9 Å². The first-order valence-electron chi connectivity index (χ1n) is 9.66. The lowest BCUT2D eigenvalue weighted by Gasteiger charge is -2.13. The predicted octanol–water partition coefficient (Wildman–Crippen LogP) is 5.53. The molecular weight excluding hydrogens is 358 g/mol. The third-order valence-corrected chi connectivity index (χ3v) is 4.94. The number of fused-ring (bicyclic) bond motifs is 1. The summed E-state index contributed by atoms with van der Waals surface area (Å²) in [5.74, 6) is 0.537. The average molecular weight is 381 g/mol. The average Bonchev–Trinajstić information content (AvgIpc) is 2.74. The summed E-state index contributed by atoms with van der Waals surface area (Å²) in [6, 6.07) is 25.7. The number of hydrogen-bond donors (Lipinski definition) is 2. The molecule has 2 N–H and O–H groups in total. The molecule has 3 aromatic carbocycles. The van der Waals surface area contributed by atoms with Crippen LogP contribution in [0.1, 0.15) is 27.0 Å². The highest BCUT2D eigenvalue weighted by Crippen LogP contribution is 2.24. The van der Waals surface area contributed by atoms with Crippen LogP contribution in [0.5, 0.6) is 0 Å². The molecule has 0 atom stereocenters. The van der Waals surface area contributed by atoms with Crippen LogP contribution < -0.4 is 10.6 Å². The van der Waals surface area contributed by atoms with E-state index < -0.39 is 0 Å². The van der Waals surface area contributed by atoms with Crippen LogP contribution in [-0.2, 0) is 6.54 Å². The van der Waals surface area contributed by atoms with Crippen molar-refractivity contribution in [2.75, 3.05) is 5.32 Å². The fourth-order valence-electron chi connectivity index (χ4n) is 3.26. The molecule has 0 bridgehead atoms. The zero-order valence-electron chi connectivity index (χ0n) is 16.6. The molecule has 4 nitrogen and oxygen atoms in total. The van der Waals surface area contributed by atoms with E-state index in [9.17, 15) is 4.79 Å².